The highest BCUT2D eigenvalue weighted by molar-refractivity contribution is 6.05. The van der Waals surface area contributed by atoms with E-state index >= 15 is 0 Å². The molecule has 0 aliphatic rings. The number of aromatic nitrogens is 3. The van der Waals surface area contributed by atoms with E-state index in [0.717, 1.165) is 22.5 Å². The van der Waals surface area contributed by atoms with Gasteiger partial charge in [-0.2, -0.15) is 0 Å². The van der Waals surface area contributed by atoms with Crippen LogP contribution in [0.4, 0.5) is 17.2 Å². The number of nitrogens with one attached hydrogen (secondary N) is 2. The Kier molecular flexibility index (Phi) is 6.59. The molecular weight excluding hydrogens is 414 g/mol. The predicted molar refractivity (Wildman–Crippen MR) is 130 cm³/mol. The number of benzene rings is 2. The Morgan fingerprint density at radius 3 is 2.64 bits per heavy atom. The molecule has 0 aliphatic carbocycles. The zero-order valence-electron chi connectivity index (χ0n) is 18.7. The number of amides is 1. The molecule has 0 spiro atoms. The molecule has 1 amide bonds. The summed E-state index contributed by atoms with van der Waals surface area (Å²) in [7, 11) is 0. The first-order valence-corrected chi connectivity index (χ1v) is 10.7. The molecule has 0 saturated heterocycles. The Morgan fingerprint density at radius 2 is 1.85 bits per heavy atom. The van der Waals surface area contributed by atoms with Gasteiger partial charge in [0.2, 0.25) is 0 Å². The molecular formula is C26H25N5O2. The Labute approximate surface area is 192 Å². The fourth-order valence-electron chi connectivity index (χ4n) is 3.31. The van der Waals surface area contributed by atoms with Gasteiger partial charge in [0.15, 0.2) is 0 Å². The van der Waals surface area contributed by atoms with Crippen LogP contribution in [-0.2, 0) is 0 Å². The van der Waals surface area contributed by atoms with Crippen LogP contribution in [-0.4, -0.2) is 27.0 Å². The van der Waals surface area contributed by atoms with Gasteiger partial charge >= 0.3 is 0 Å². The first kappa shape index (κ1) is 22.0. The smallest absolute Gasteiger partial charge is 0.255 e. The van der Waals surface area contributed by atoms with E-state index in [-0.39, 0.29) is 12.0 Å². The molecule has 0 radical (unpaired) electrons. The largest absolute Gasteiger partial charge is 0.491 e. The van der Waals surface area contributed by atoms with Crippen molar-refractivity contribution < 1.29 is 9.53 Å². The summed E-state index contributed by atoms with van der Waals surface area (Å²) < 4.78 is 5.71. The van der Waals surface area contributed by atoms with Crippen molar-refractivity contribution in [2.24, 2.45) is 0 Å². The number of carbonyl (C=O) groups excluding carboxylic acids is 1. The van der Waals surface area contributed by atoms with Crippen molar-refractivity contribution in [1.82, 2.24) is 15.0 Å². The second-order valence-electron chi connectivity index (χ2n) is 7.80. The van der Waals surface area contributed by atoms with Crippen LogP contribution in [0.2, 0.25) is 0 Å². The lowest BCUT2D eigenvalue weighted by Gasteiger charge is -2.14. The van der Waals surface area contributed by atoms with Crippen LogP contribution >= 0.6 is 0 Å². The molecule has 2 aromatic heterocycles. The number of aryl methyl sites for hydroxylation is 1. The van der Waals surface area contributed by atoms with Crippen molar-refractivity contribution in [2.75, 3.05) is 10.6 Å². The molecule has 0 fully saturated rings. The van der Waals surface area contributed by atoms with Crippen LogP contribution in [0.3, 0.4) is 0 Å². The van der Waals surface area contributed by atoms with E-state index in [1.54, 1.807) is 18.5 Å². The van der Waals surface area contributed by atoms with Crippen molar-refractivity contribution in [3.8, 4) is 17.0 Å². The topological polar surface area (TPSA) is 89.0 Å². The van der Waals surface area contributed by atoms with Crippen LogP contribution in [0, 0.1) is 6.92 Å². The van der Waals surface area contributed by atoms with E-state index in [9.17, 15) is 4.79 Å². The van der Waals surface area contributed by atoms with Crippen LogP contribution in [0.5, 0.6) is 5.75 Å². The van der Waals surface area contributed by atoms with Gasteiger partial charge in [-0.05, 0) is 68.8 Å². The van der Waals surface area contributed by atoms with Crippen molar-refractivity contribution in [1.29, 1.82) is 0 Å². The third-order valence-corrected chi connectivity index (χ3v) is 4.88. The Bertz CT molecular complexity index is 1260. The molecule has 2 heterocycles. The minimum Gasteiger partial charge on any atom is -0.491 e. The van der Waals surface area contributed by atoms with Crippen LogP contribution in [0.15, 0.2) is 79.4 Å². The summed E-state index contributed by atoms with van der Waals surface area (Å²) >= 11 is 0. The van der Waals surface area contributed by atoms with Crippen molar-refractivity contribution in [3.63, 3.8) is 0 Å². The maximum atomic E-state index is 12.9. The normalized spacial score (nSPS) is 10.7. The molecule has 7 nitrogen and oxygen atoms in total. The monoisotopic (exact) mass is 439 g/mol. The molecule has 0 unspecified atom stereocenters. The van der Waals surface area contributed by atoms with Gasteiger partial charge < -0.3 is 15.4 Å². The van der Waals surface area contributed by atoms with Gasteiger partial charge in [0.05, 0.1) is 11.8 Å². The van der Waals surface area contributed by atoms with E-state index in [0.29, 0.717) is 22.8 Å². The van der Waals surface area contributed by atoms with E-state index in [1.807, 2.05) is 75.4 Å². The van der Waals surface area contributed by atoms with E-state index in [4.69, 9.17) is 4.74 Å². The van der Waals surface area contributed by atoms with E-state index in [1.165, 1.54) is 6.33 Å². The number of nitrogens with zero attached hydrogens (tertiary/aromatic N) is 3. The third-order valence-electron chi connectivity index (χ3n) is 4.88. The predicted octanol–water partition coefficient (Wildman–Crippen LogP) is 5.63. The standard InChI is InChI=1S/C26H25N5O2/c1-17(2)33-21-7-4-6-20(15-21)30-26(32)19-10-9-18(3)24(14-19)31-25-22(8-5-12-28-25)23-11-13-27-16-29-23/h4-17H,1-3H3,(H,28,31)(H,30,32). The lowest BCUT2D eigenvalue weighted by Crippen LogP contribution is -2.13. The molecule has 2 N–H and O–H groups in total. The Hall–Kier alpha value is -4.26. The second-order valence-corrected chi connectivity index (χ2v) is 7.80. The molecule has 33 heavy (non-hydrogen) atoms. The first-order chi connectivity index (χ1) is 16.0. The number of hydrogen-bond donors (Lipinski definition) is 2. The number of ether oxygens (including phenoxy) is 1. The zero-order chi connectivity index (χ0) is 23.2. The summed E-state index contributed by atoms with van der Waals surface area (Å²) in [6.07, 6.45) is 4.96. The summed E-state index contributed by atoms with van der Waals surface area (Å²) in [6.45, 7) is 5.90. The SMILES string of the molecule is Cc1ccc(C(=O)Nc2cccc(OC(C)C)c2)cc1Nc1ncccc1-c1ccncn1. The maximum Gasteiger partial charge on any atom is 0.255 e. The molecule has 4 aromatic rings. The molecule has 0 atom stereocenters. The zero-order valence-corrected chi connectivity index (χ0v) is 18.7. The van der Waals surface area contributed by atoms with Gasteiger partial charge in [-0.25, -0.2) is 15.0 Å². The quantitative estimate of drug-likeness (QED) is 0.388. The molecule has 7 heteroatoms. The first-order valence-electron chi connectivity index (χ1n) is 10.7. The van der Waals surface area contributed by atoms with Gasteiger partial charge in [0.1, 0.15) is 17.9 Å². The summed E-state index contributed by atoms with van der Waals surface area (Å²) in [5.41, 5.74) is 4.57. The average Bonchev–Trinajstić information content (AvgIpc) is 2.81. The summed E-state index contributed by atoms with van der Waals surface area (Å²) in [6, 6.07) is 18.5. The van der Waals surface area contributed by atoms with Crippen molar-refractivity contribution in [2.45, 2.75) is 26.9 Å². The van der Waals surface area contributed by atoms with E-state index in [2.05, 4.69) is 25.6 Å². The van der Waals surface area contributed by atoms with Gasteiger partial charge in [-0.15, -0.1) is 0 Å². The fourth-order valence-corrected chi connectivity index (χ4v) is 3.31. The summed E-state index contributed by atoms with van der Waals surface area (Å²) in [5, 5.41) is 6.30. The lowest BCUT2D eigenvalue weighted by atomic mass is 10.1. The summed E-state index contributed by atoms with van der Waals surface area (Å²) in [4.78, 5) is 25.7. The molecule has 0 aliphatic heterocycles. The minimum atomic E-state index is -0.211. The Morgan fingerprint density at radius 1 is 0.970 bits per heavy atom. The van der Waals surface area contributed by atoms with Gasteiger partial charge in [-0.3, -0.25) is 4.79 Å². The third kappa shape index (κ3) is 5.51. The highest BCUT2D eigenvalue weighted by Gasteiger charge is 2.12. The number of carbonyl (C=O) groups is 1. The number of hydrogen-bond acceptors (Lipinski definition) is 6. The molecule has 0 bridgehead atoms. The second kappa shape index (κ2) is 9.91. The minimum absolute atomic E-state index is 0.0560. The molecule has 2 aromatic carbocycles. The number of rotatable bonds is 7. The number of pyridine rings is 1. The van der Waals surface area contributed by atoms with E-state index < -0.39 is 0 Å². The molecule has 166 valence electrons. The van der Waals surface area contributed by atoms with Gasteiger partial charge in [0.25, 0.3) is 5.91 Å². The Balaban J connectivity index is 1.56. The number of anilines is 3. The average molecular weight is 440 g/mol. The van der Waals surface area contributed by atoms with Gasteiger partial charge in [0, 0.05) is 41.0 Å². The van der Waals surface area contributed by atoms with Crippen molar-refractivity contribution in [3.05, 3.63) is 90.5 Å². The van der Waals surface area contributed by atoms with Crippen LogP contribution in [0.25, 0.3) is 11.3 Å². The lowest BCUT2D eigenvalue weighted by molar-refractivity contribution is 0.102. The maximum absolute atomic E-state index is 12.9. The van der Waals surface area contributed by atoms with Gasteiger partial charge in [-0.1, -0.05) is 12.1 Å². The van der Waals surface area contributed by atoms with Crippen LogP contribution in [0.1, 0.15) is 29.8 Å². The summed E-state index contributed by atoms with van der Waals surface area (Å²) in [5.74, 6) is 1.15. The molecule has 0 saturated carbocycles. The highest BCUT2D eigenvalue weighted by atomic mass is 16.5. The van der Waals surface area contributed by atoms with Crippen molar-refractivity contribution >= 4 is 23.1 Å². The molecule has 4 rings (SSSR count). The fraction of sp³-hybridized carbons (Fsp3) is 0.154. The highest BCUT2D eigenvalue weighted by Crippen LogP contribution is 2.29. The van der Waals surface area contributed by atoms with Crippen LogP contribution < -0.4 is 15.4 Å².